The summed E-state index contributed by atoms with van der Waals surface area (Å²) in [6.07, 6.45) is 0. The van der Waals surface area contributed by atoms with Crippen LogP contribution in [0.25, 0.3) is 0 Å². The van der Waals surface area contributed by atoms with Crippen LogP contribution in [0.5, 0.6) is 0 Å². The minimum absolute atomic E-state index is 0.0359. The van der Waals surface area contributed by atoms with E-state index in [1.807, 2.05) is 0 Å². The van der Waals surface area contributed by atoms with Crippen LogP contribution in [-0.4, -0.2) is 44.3 Å². The molecule has 0 fully saturated rings. The van der Waals surface area contributed by atoms with Crippen molar-refractivity contribution in [2.45, 2.75) is 31.3 Å². The van der Waals surface area contributed by atoms with Gasteiger partial charge in [0.2, 0.25) is 11.8 Å². The number of carbonyl (C=O) groups is 2. The van der Waals surface area contributed by atoms with Gasteiger partial charge in [0.25, 0.3) is 10.0 Å². The largest absolute Gasteiger partial charge is 0.355 e. The lowest BCUT2D eigenvalue weighted by atomic mass is 10.1. The topological polar surface area (TPSA) is 86.8 Å². The number of benzene rings is 3. The van der Waals surface area contributed by atoms with Crippen LogP contribution in [0, 0.1) is 0 Å². The predicted molar refractivity (Wildman–Crippen MR) is 143 cm³/mol. The molecule has 36 heavy (non-hydrogen) atoms. The first-order valence-corrected chi connectivity index (χ1v) is 13.5. The second kappa shape index (κ2) is 12.3. The van der Waals surface area contributed by atoms with Gasteiger partial charge < -0.3 is 10.2 Å². The number of hydrogen-bond donors (Lipinski definition) is 1. The van der Waals surface area contributed by atoms with Crippen molar-refractivity contribution in [2.75, 3.05) is 17.4 Å². The summed E-state index contributed by atoms with van der Waals surface area (Å²) in [5.41, 5.74) is 1.02. The molecule has 0 aliphatic carbocycles. The van der Waals surface area contributed by atoms with E-state index in [1.165, 1.54) is 29.2 Å². The maximum absolute atomic E-state index is 13.7. The Morgan fingerprint density at radius 2 is 1.44 bits per heavy atom. The summed E-state index contributed by atoms with van der Waals surface area (Å²) in [5, 5.41) is 3.69. The molecular weight excluding hydrogens is 521 g/mol. The Morgan fingerprint density at radius 1 is 0.889 bits per heavy atom. The van der Waals surface area contributed by atoms with E-state index >= 15 is 0 Å². The van der Waals surface area contributed by atoms with E-state index in [2.05, 4.69) is 5.32 Å². The number of halogens is 2. The van der Waals surface area contributed by atoms with Crippen LogP contribution in [0.4, 0.5) is 5.69 Å². The molecule has 3 aromatic carbocycles. The number of rotatable bonds is 10. The summed E-state index contributed by atoms with van der Waals surface area (Å²) in [6.45, 7) is 3.36. The number of likely N-dealkylation sites (N-methyl/N-ethyl adjacent to an activating group) is 1. The second-order valence-electron chi connectivity index (χ2n) is 8.02. The van der Waals surface area contributed by atoms with Gasteiger partial charge in [-0.25, -0.2) is 8.42 Å². The maximum atomic E-state index is 13.7. The van der Waals surface area contributed by atoms with E-state index in [4.69, 9.17) is 23.2 Å². The first kappa shape index (κ1) is 27.5. The maximum Gasteiger partial charge on any atom is 0.264 e. The van der Waals surface area contributed by atoms with Crippen LogP contribution in [-0.2, 0) is 26.2 Å². The highest BCUT2D eigenvalue weighted by molar-refractivity contribution is 7.92. The summed E-state index contributed by atoms with van der Waals surface area (Å²) in [6, 6.07) is 20.1. The molecule has 0 saturated carbocycles. The third-order valence-corrected chi connectivity index (χ3v) is 7.80. The van der Waals surface area contributed by atoms with Crippen molar-refractivity contribution in [3.05, 3.63) is 94.5 Å². The third-order valence-electron chi connectivity index (χ3n) is 5.51. The van der Waals surface area contributed by atoms with Crippen molar-refractivity contribution in [1.82, 2.24) is 10.2 Å². The van der Waals surface area contributed by atoms with Gasteiger partial charge in [0.05, 0.1) is 10.6 Å². The standard InChI is InChI=1S/C26H27Cl2N3O4S/c1-3-29-26(33)19(2)30(17-20-9-11-21(27)12-10-20)25(32)18-31(23-15-13-22(28)14-16-23)36(34,35)24-7-5-4-6-8-24/h4-16,19H,3,17-18H2,1-2H3,(H,29,33)/t19-/m1/s1. The molecule has 0 unspecified atom stereocenters. The van der Waals surface area contributed by atoms with Gasteiger partial charge in [-0.2, -0.15) is 0 Å². The van der Waals surface area contributed by atoms with Crippen LogP contribution in [0.3, 0.4) is 0 Å². The second-order valence-corrected chi connectivity index (χ2v) is 10.8. The molecule has 0 spiro atoms. The summed E-state index contributed by atoms with van der Waals surface area (Å²) < 4.78 is 28.2. The van der Waals surface area contributed by atoms with E-state index in [0.717, 1.165) is 9.87 Å². The average molecular weight is 548 g/mol. The molecule has 1 atom stereocenters. The molecule has 1 N–H and O–H groups in total. The van der Waals surface area contributed by atoms with Gasteiger partial charge in [-0.15, -0.1) is 0 Å². The van der Waals surface area contributed by atoms with Crippen LogP contribution >= 0.6 is 23.2 Å². The van der Waals surface area contributed by atoms with Crippen LogP contribution in [0.15, 0.2) is 83.8 Å². The number of amides is 2. The molecule has 0 aromatic heterocycles. The molecule has 2 amide bonds. The number of nitrogens with one attached hydrogen (secondary N) is 1. The van der Waals surface area contributed by atoms with Crippen molar-refractivity contribution in [1.29, 1.82) is 0 Å². The summed E-state index contributed by atoms with van der Waals surface area (Å²) in [5.74, 6) is -0.887. The smallest absolute Gasteiger partial charge is 0.264 e. The average Bonchev–Trinajstić information content (AvgIpc) is 2.87. The fourth-order valence-corrected chi connectivity index (χ4v) is 5.23. The van der Waals surface area contributed by atoms with Gasteiger partial charge in [-0.3, -0.25) is 13.9 Å². The van der Waals surface area contributed by atoms with Gasteiger partial charge in [0.15, 0.2) is 0 Å². The Kier molecular flexibility index (Phi) is 9.37. The lowest BCUT2D eigenvalue weighted by Gasteiger charge is -2.32. The summed E-state index contributed by atoms with van der Waals surface area (Å²) >= 11 is 12.0. The highest BCUT2D eigenvalue weighted by Gasteiger charge is 2.32. The molecule has 0 saturated heterocycles. The third kappa shape index (κ3) is 6.78. The highest BCUT2D eigenvalue weighted by Crippen LogP contribution is 2.26. The monoisotopic (exact) mass is 547 g/mol. The van der Waals surface area contributed by atoms with E-state index in [9.17, 15) is 18.0 Å². The molecule has 7 nitrogen and oxygen atoms in total. The van der Waals surface area contributed by atoms with Crippen molar-refractivity contribution < 1.29 is 18.0 Å². The molecule has 0 bridgehead atoms. The zero-order chi connectivity index (χ0) is 26.3. The molecular formula is C26H27Cl2N3O4S. The Hall–Kier alpha value is -3.07. The number of carbonyl (C=O) groups excluding carboxylic acids is 2. The number of hydrogen-bond acceptors (Lipinski definition) is 4. The molecule has 3 rings (SSSR count). The van der Waals surface area contributed by atoms with E-state index < -0.39 is 28.5 Å². The Bertz CT molecular complexity index is 1290. The van der Waals surface area contributed by atoms with E-state index in [-0.39, 0.29) is 23.0 Å². The first-order valence-electron chi connectivity index (χ1n) is 11.3. The zero-order valence-corrected chi connectivity index (χ0v) is 22.2. The number of anilines is 1. The van der Waals surface area contributed by atoms with Crippen molar-refractivity contribution >= 4 is 50.7 Å². The lowest BCUT2D eigenvalue weighted by Crippen LogP contribution is -2.51. The fourth-order valence-electron chi connectivity index (χ4n) is 3.55. The SMILES string of the molecule is CCNC(=O)[C@@H](C)N(Cc1ccc(Cl)cc1)C(=O)CN(c1ccc(Cl)cc1)S(=O)(=O)c1ccccc1. The lowest BCUT2D eigenvalue weighted by molar-refractivity contribution is -0.139. The molecule has 190 valence electrons. The number of sulfonamides is 1. The minimum Gasteiger partial charge on any atom is -0.355 e. The molecule has 3 aromatic rings. The molecule has 0 aliphatic heterocycles. The Morgan fingerprint density at radius 3 is 2.00 bits per heavy atom. The van der Waals surface area contributed by atoms with Gasteiger partial charge in [0.1, 0.15) is 12.6 Å². The quantitative estimate of drug-likeness (QED) is 0.397. The fraction of sp³-hybridized carbons (Fsp3) is 0.231. The molecule has 0 aliphatic rings. The Balaban J connectivity index is 2.00. The predicted octanol–water partition coefficient (Wildman–Crippen LogP) is 4.74. The molecule has 10 heteroatoms. The highest BCUT2D eigenvalue weighted by atomic mass is 35.5. The Labute approximate surface area is 221 Å². The van der Waals surface area contributed by atoms with Crippen LogP contribution < -0.4 is 9.62 Å². The van der Waals surface area contributed by atoms with Gasteiger partial charge >= 0.3 is 0 Å². The van der Waals surface area contributed by atoms with E-state index in [0.29, 0.717) is 16.6 Å². The van der Waals surface area contributed by atoms with Gasteiger partial charge in [-0.05, 0) is 67.9 Å². The van der Waals surface area contributed by atoms with Gasteiger partial charge in [0, 0.05) is 23.1 Å². The van der Waals surface area contributed by atoms with Crippen LogP contribution in [0.2, 0.25) is 10.0 Å². The molecule has 0 heterocycles. The minimum atomic E-state index is -4.11. The van der Waals surface area contributed by atoms with Crippen molar-refractivity contribution in [3.63, 3.8) is 0 Å². The first-order chi connectivity index (χ1) is 17.1. The normalized spacial score (nSPS) is 12.0. The summed E-state index contributed by atoms with van der Waals surface area (Å²) in [4.78, 5) is 27.7. The zero-order valence-electron chi connectivity index (χ0n) is 19.9. The summed E-state index contributed by atoms with van der Waals surface area (Å²) in [7, 11) is -4.11. The van der Waals surface area contributed by atoms with Crippen molar-refractivity contribution in [2.24, 2.45) is 0 Å². The van der Waals surface area contributed by atoms with Crippen LogP contribution in [0.1, 0.15) is 19.4 Å². The van der Waals surface area contributed by atoms with E-state index in [1.54, 1.807) is 68.4 Å². The molecule has 0 radical (unpaired) electrons. The van der Waals surface area contributed by atoms with Gasteiger partial charge in [-0.1, -0.05) is 53.5 Å². The van der Waals surface area contributed by atoms with Crippen molar-refractivity contribution in [3.8, 4) is 0 Å². The number of nitrogens with zero attached hydrogens (tertiary/aromatic N) is 2.